The second-order valence-corrected chi connectivity index (χ2v) is 5.92. The van der Waals surface area contributed by atoms with Gasteiger partial charge in [-0.15, -0.1) is 0 Å². The van der Waals surface area contributed by atoms with Crippen LogP contribution in [0.5, 0.6) is 0 Å². The molecule has 0 bridgehead atoms. The summed E-state index contributed by atoms with van der Waals surface area (Å²) in [4.78, 5) is 17.1. The Morgan fingerprint density at radius 1 is 1.48 bits per heavy atom. The van der Waals surface area contributed by atoms with Crippen molar-refractivity contribution in [2.45, 2.75) is 38.1 Å². The van der Waals surface area contributed by atoms with Gasteiger partial charge in [-0.25, -0.2) is 4.98 Å². The SMILES string of the molecule is Cc1cc(C(=O)NC2(CO)CCCC2)c2cnn(C)c2n1. The van der Waals surface area contributed by atoms with Crippen molar-refractivity contribution in [2.24, 2.45) is 7.05 Å². The van der Waals surface area contributed by atoms with E-state index in [0.29, 0.717) is 11.2 Å². The standard InChI is InChI=1S/C15H20N4O2/c1-10-7-11(12-8-16-19(2)13(12)17-10)14(21)18-15(9-20)5-3-4-6-15/h7-8,20H,3-6,9H2,1-2H3,(H,18,21). The molecular weight excluding hydrogens is 268 g/mol. The summed E-state index contributed by atoms with van der Waals surface area (Å²) in [5.41, 5.74) is 1.58. The van der Waals surface area contributed by atoms with Gasteiger partial charge in [-0.3, -0.25) is 9.48 Å². The zero-order chi connectivity index (χ0) is 15.0. The quantitative estimate of drug-likeness (QED) is 0.892. The second kappa shape index (κ2) is 5.11. The molecule has 1 aliphatic rings. The number of hydrogen-bond donors (Lipinski definition) is 2. The summed E-state index contributed by atoms with van der Waals surface area (Å²) in [7, 11) is 1.81. The minimum atomic E-state index is -0.469. The maximum absolute atomic E-state index is 12.7. The molecule has 1 saturated carbocycles. The van der Waals surface area contributed by atoms with Crippen molar-refractivity contribution < 1.29 is 9.90 Å². The van der Waals surface area contributed by atoms with Gasteiger partial charge in [-0.2, -0.15) is 5.10 Å². The molecule has 6 heteroatoms. The average Bonchev–Trinajstić information content (AvgIpc) is 3.07. The van der Waals surface area contributed by atoms with Crippen molar-refractivity contribution in [3.05, 3.63) is 23.5 Å². The second-order valence-electron chi connectivity index (χ2n) is 5.92. The first-order valence-corrected chi connectivity index (χ1v) is 7.27. The fourth-order valence-electron chi connectivity index (χ4n) is 3.11. The number of aryl methyl sites for hydroxylation is 2. The van der Waals surface area contributed by atoms with E-state index >= 15 is 0 Å². The van der Waals surface area contributed by atoms with E-state index in [1.165, 1.54) is 0 Å². The lowest BCUT2D eigenvalue weighted by atomic mass is 9.98. The molecule has 2 N–H and O–H groups in total. The molecule has 1 fully saturated rings. The van der Waals surface area contributed by atoms with Gasteiger partial charge in [0.25, 0.3) is 5.91 Å². The molecule has 1 amide bonds. The molecule has 1 aliphatic carbocycles. The first-order chi connectivity index (χ1) is 10.0. The summed E-state index contributed by atoms with van der Waals surface area (Å²) in [5.74, 6) is -0.158. The molecule has 0 atom stereocenters. The molecule has 6 nitrogen and oxygen atoms in total. The van der Waals surface area contributed by atoms with Crippen molar-refractivity contribution >= 4 is 16.9 Å². The normalized spacial score (nSPS) is 17.3. The molecule has 0 radical (unpaired) electrons. The van der Waals surface area contributed by atoms with Gasteiger partial charge >= 0.3 is 0 Å². The summed E-state index contributed by atoms with van der Waals surface area (Å²) in [6.45, 7) is 1.85. The number of aliphatic hydroxyl groups is 1. The Bertz CT molecular complexity index is 686. The molecule has 112 valence electrons. The smallest absolute Gasteiger partial charge is 0.252 e. The minimum absolute atomic E-state index is 0.0149. The maximum Gasteiger partial charge on any atom is 0.252 e. The molecule has 21 heavy (non-hydrogen) atoms. The predicted octanol–water partition coefficient (Wildman–Crippen LogP) is 1.31. The highest BCUT2D eigenvalue weighted by molar-refractivity contribution is 6.05. The van der Waals surface area contributed by atoms with Crippen LogP contribution < -0.4 is 5.32 Å². The molecule has 0 aromatic carbocycles. The number of carbonyl (C=O) groups excluding carboxylic acids is 1. The summed E-state index contributed by atoms with van der Waals surface area (Å²) in [6.07, 6.45) is 5.40. The average molecular weight is 288 g/mol. The van der Waals surface area contributed by atoms with E-state index in [9.17, 15) is 9.90 Å². The molecule has 0 unspecified atom stereocenters. The number of nitrogens with zero attached hydrogens (tertiary/aromatic N) is 3. The van der Waals surface area contributed by atoms with Crippen LogP contribution in [-0.2, 0) is 7.05 Å². The minimum Gasteiger partial charge on any atom is -0.394 e. The lowest BCUT2D eigenvalue weighted by molar-refractivity contribution is 0.0840. The van der Waals surface area contributed by atoms with E-state index in [4.69, 9.17) is 0 Å². The van der Waals surface area contributed by atoms with E-state index in [2.05, 4.69) is 15.4 Å². The highest BCUT2D eigenvalue weighted by Crippen LogP contribution is 2.30. The summed E-state index contributed by atoms with van der Waals surface area (Å²) >= 11 is 0. The van der Waals surface area contributed by atoms with E-state index in [1.54, 1.807) is 16.9 Å². The molecule has 0 spiro atoms. The number of rotatable bonds is 3. The first kappa shape index (κ1) is 14.0. The Morgan fingerprint density at radius 2 is 2.19 bits per heavy atom. The molecule has 3 rings (SSSR count). The number of nitrogens with one attached hydrogen (secondary N) is 1. The number of pyridine rings is 1. The van der Waals surface area contributed by atoms with Gasteiger partial charge in [-0.1, -0.05) is 12.8 Å². The Labute approximate surface area is 123 Å². The Morgan fingerprint density at radius 3 is 2.86 bits per heavy atom. The zero-order valence-corrected chi connectivity index (χ0v) is 12.4. The van der Waals surface area contributed by atoms with Gasteiger partial charge < -0.3 is 10.4 Å². The van der Waals surface area contributed by atoms with Crippen LogP contribution in [-0.4, -0.2) is 37.9 Å². The predicted molar refractivity (Wildman–Crippen MR) is 79.0 cm³/mol. The summed E-state index contributed by atoms with van der Waals surface area (Å²) in [6, 6.07) is 1.78. The third kappa shape index (κ3) is 2.40. The van der Waals surface area contributed by atoms with Crippen molar-refractivity contribution in [1.82, 2.24) is 20.1 Å². The van der Waals surface area contributed by atoms with Crippen molar-refractivity contribution in [3.8, 4) is 0 Å². The van der Waals surface area contributed by atoms with E-state index in [1.807, 2.05) is 14.0 Å². The van der Waals surface area contributed by atoms with E-state index in [0.717, 1.165) is 36.8 Å². The Hall–Kier alpha value is -1.95. The summed E-state index contributed by atoms with van der Waals surface area (Å²) < 4.78 is 1.66. The molecule has 2 heterocycles. The fourth-order valence-corrected chi connectivity index (χ4v) is 3.11. The van der Waals surface area contributed by atoms with Gasteiger partial charge in [0, 0.05) is 12.7 Å². The van der Waals surface area contributed by atoms with Crippen LogP contribution in [0.4, 0.5) is 0 Å². The lowest BCUT2D eigenvalue weighted by Gasteiger charge is -2.28. The maximum atomic E-state index is 12.7. The molecule has 0 aliphatic heterocycles. The van der Waals surface area contributed by atoms with Gasteiger partial charge in [0.15, 0.2) is 5.65 Å². The molecule has 2 aromatic rings. The van der Waals surface area contributed by atoms with Crippen LogP contribution in [0.25, 0.3) is 11.0 Å². The van der Waals surface area contributed by atoms with Crippen LogP contribution in [0.1, 0.15) is 41.7 Å². The van der Waals surface area contributed by atoms with Crippen molar-refractivity contribution in [2.75, 3.05) is 6.61 Å². The molecule has 0 saturated heterocycles. The number of amides is 1. The zero-order valence-electron chi connectivity index (χ0n) is 12.4. The van der Waals surface area contributed by atoms with E-state index < -0.39 is 5.54 Å². The number of fused-ring (bicyclic) bond motifs is 1. The topological polar surface area (TPSA) is 80.0 Å². The van der Waals surface area contributed by atoms with E-state index in [-0.39, 0.29) is 12.5 Å². The lowest BCUT2D eigenvalue weighted by Crippen LogP contribution is -2.49. The number of carbonyl (C=O) groups is 1. The Balaban J connectivity index is 1.98. The van der Waals surface area contributed by atoms with Gasteiger partial charge in [0.1, 0.15) is 0 Å². The summed E-state index contributed by atoms with van der Waals surface area (Å²) in [5, 5.41) is 17.6. The molecular formula is C15H20N4O2. The Kier molecular flexibility index (Phi) is 3.41. The van der Waals surface area contributed by atoms with Crippen LogP contribution in [0.15, 0.2) is 12.3 Å². The van der Waals surface area contributed by atoms with Gasteiger partial charge in [0.2, 0.25) is 0 Å². The van der Waals surface area contributed by atoms with Crippen LogP contribution in [0, 0.1) is 6.92 Å². The monoisotopic (exact) mass is 288 g/mol. The third-order valence-electron chi connectivity index (χ3n) is 4.32. The van der Waals surface area contributed by atoms with Crippen LogP contribution in [0.2, 0.25) is 0 Å². The fraction of sp³-hybridized carbons (Fsp3) is 0.533. The van der Waals surface area contributed by atoms with Crippen LogP contribution >= 0.6 is 0 Å². The number of aromatic nitrogens is 3. The van der Waals surface area contributed by atoms with Crippen LogP contribution in [0.3, 0.4) is 0 Å². The van der Waals surface area contributed by atoms with Crippen molar-refractivity contribution in [1.29, 1.82) is 0 Å². The number of aliphatic hydroxyl groups excluding tert-OH is 1. The highest BCUT2D eigenvalue weighted by Gasteiger charge is 2.35. The van der Waals surface area contributed by atoms with Gasteiger partial charge in [-0.05, 0) is 25.8 Å². The number of hydrogen-bond acceptors (Lipinski definition) is 4. The van der Waals surface area contributed by atoms with Crippen molar-refractivity contribution in [3.63, 3.8) is 0 Å². The highest BCUT2D eigenvalue weighted by atomic mass is 16.3. The first-order valence-electron chi connectivity index (χ1n) is 7.27. The largest absolute Gasteiger partial charge is 0.394 e. The third-order valence-corrected chi connectivity index (χ3v) is 4.32. The molecule has 2 aromatic heterocycles. The van der Waals surface area contributed by atoms with Gasteiger partial charge in [0.05, 0.1) is 29.3 Å².